The summed E-state index contributed by atoms with van der Waals surface area (Å²) in [4.78, 5) is 4.06. The molecule has 112 valence electrons. The van der Waals surface area contributed by atoms with Gasteiger partial charge in [-0.3, -0.25) is 4.98 Å². The average Bonchev–Trinajstić information content (AvgIpc) is 2.45. The van der Waals surface area contributed by atoms with Gasteiger partial charge in [0.2, 0.25) is 10.0 Å². The van der Waals surface area contributed by atoms with Crippen LogP contribution in [0, 0.1) is 5.92 Å². The van der Waals surface area contributed by atoms with Crippen molar-refractivity contribution in [1.82, 2.24) is 9.71 Å². The van der Waals surface area contributed by atoms with Crippen LogP contribution in [0.25, 0.3) is 0 Å². The van der Waals surface area contributed by atoms with Gasteiger partial charge in [-0.1, -0.05) is 44.2 Å². The number of hydrogen-bond donors (Lipinski definition) is 1. The number of rotatable bonds is 5. The molecule has 1 aromatic carbocycles. The summed E-state index contributed by atoms with van der Waals surface area (Å²) >= 11 is 3.24. The molecule has 1 heterocycles. The molecule has 1 unspecified atom stereocenters. The van der Waals surface area contributed by atoms with Crippen LogP contribution in [-0.2, 0) is 10.0 Å². The molecule has 4 nitrogen and oxygen atoms in total. The van der Waals surface area contributed by atoms with Gasteiger partial charge in [-0.25, -0.2) is 13.1 Å². The van der Waals surface area contributed by atoms with Crippen LogP contribution in [0.1, 0.15) is 25.5 Å². The number of halogens is 1. The smallest absolute Gasteiger partial charge is 0.242 e. The molecule has 0 amide bonds. The molecular formula is C15H17BrN2O2S. The second-order valence-electron chi connectivity index (χ2n) is 5.09. The molecule has 1 N–H and O–H groups in total. The zero-order valence-electron chi connectivity index (χ0n) is 11.8. The largest absolute Gasteiger partial charge is 0.262 e. The maximum Gasteiger partial charge on any atom is 0.242 e. The topological polar surface area (TPSA) is 59.1 Å². The van der Waals surface area contributed by atoms with Crippen molar-refractivity contribution in [2.45, 2.75) is 24.8 Å². The van der Waals surface area contributed by atoms with Gasteiger partial charge in [-0.2, -0.15) is 0 Å². The lowest BCUT2D eigenvalue weighted by Crippen LogP contribution is -2.31. The summed E-state index contributed by atoms with van der Waals surface area (Å²) in [5.74, 6) is 0.127. The number of nitrogens with zero attached hydrogens (tertiary/aromatic N) is 1. The molecule has 6 heteroatoms. The van der Waals surface area contributed by atoms with Crippen molar-refractivity contribution >= 4 is 26.0 Å². The van der Waals surface area contributed by atoms with Crippen LogP contribution < -0.4 is 4.72 Å². The number of pyridine rings is 1. The van der Waals surface area contributed by atoms with Crippen LogP contribution in [-0.4, -0.2) is 13.4 Å². The predicted molar refractivity (Wildman–Crippen MR) is 86.3 cm³/mol. The van der Waals surface area contributed by atoms with E-state index >= 15 is 0 Å². The van der Waals surface area contributed by atoms with Crippen molar-refractivity contribution in [3.63, 3.8) is 0 Å². The van der Waals surface area contributed by atoms with Crippen molar-refractivity contribution in [2.24, 2.45) is 5.92 Å². The Balaban J connectivity index is 2.33. The average molecular weight is 369 g/mol. The van der Waals surface area contributed by atoms with Gasteiger partial charge >= 0.3 is 0 Å². The van der Waals surface area contributed by atoms with Crippen LogP contribution in [0.3, 0.4) is 0 Å². The Labute approximate surface area is 133 Å². The van der Waals surface area contributed by atoms with Crippen molar-refractivity contribution in [3.05, 3.63) is 58.8 Å². The summed E-state index contributed by atoms with van der Waals surface area (Å²) < 4.78 is 28.4. The molecule has 0 aliphatic carbocycles. The fourth-order valence-electron chi connectivity index (χ4n) is 2.02. The van der Waals surface area contributed by atoms with Crippen molar-refractivity contribution in [2.75, 3.05) is 0 Å². The molecular weight excluding hydrogens is 352 g/mol. The third-order valence-electron chi connectivity index (χ3n) is 3.10. The highest BCUT2D eigenvalue weighted by atomic mass is 79.9. The van der Waals surface area contributed by atoms with E-state index in [1.54, 1.807) is 6.20 Å². The van der Waals surface area contributed by atoms with Crippen molar-refractivity contribution in [3.8, 4) is 0 Å². The molecule has 0 fully saturated rings. The van der Waals surface area contributed by atoms with Gasteiger partial charge in [-0.05, 0) is 33.5 Å². The summed E-state index contributed by atoms with van der Waals surface area (Å²) in [5.41, 5.74) is 0.944. The van der Waals surface area contributed by atoms with Gasteiger partial charge in [0.1, 0.15) is 4.90 Å². The van der Waals surface area contributed by atoms with E-state index in [0.29, 0.717) is 4.47 Å². The van der Waals surface area contributed by atoms with E-state index in [1.807, 2.05) is 44.2 Å². The van der Waals surface area contributed by atoms with E-state index in [9.17, 15) is 8.42 Å². The predicted octanol–water partition coefficient (Wildman–Crippen LogP) is 3.52. The Hall–Kier alpha value is -1.24. The molecule has 0 aliphatic heterocycles. The third kappa shape index (κ3) is 4.12. The summed E-state index contributed by atoms with van der Waals surface area (Å²) in [5, 5.41) is 0. The van der Waals surface area contributed by atoms with Gasteiger partial charge < -0.3 is 0 Å². The van der Waals surface area contributed by atoms with E-state index in [2.05, 4.69) is 25.6 Å². The highest BCUT2D eigenvalue weighted by Gasteiger charge is 2.24. The highest BCUT2D eigenvalue weighted by molar-refractivity contribution is 9.10. The third-order valence-corrected chi connectivity index (χ3v) is 4.94. The first kappa shape index (κ1) is 16.1. The zero-order valence-corrected chi connectivity index (χ0v) is 14.2. The molecule has 0 bridgehead atoms. The number of hydrogen-bond acceptors (Lipinski definition) is 3. The monoisotopic (exact) mass is 368 g/mol. The fraction of sp³-hybridized carbons (Fsp3) is 0.267. The Bertz CT molecular complexity index is 703. The number of aromatic nitrogens is 1. The summed E-state index contributed by atoms with van der Waals surface area (Å²) in [7, 11) is -3.62. The number of benzene rings is 1. The lowest BCUT2D eigenvalue weighted by Gasteiger charge is -2.22. The molecule has 21 heavy (non-hydrogen) atoms. The lowest BCUT2D eigenvalue weighted by molar-refractivity contribution is 0.463. The maximum atomic E-state index is 12.5. The molecule has 0 aliphatic rings. The van der Waals surface area contributed by atoms with Crippen LogP contribution in [0.5, 0.6) is 0 Å². The van der Waals surface area contributed by atoms with Gasteiger partial charge in [0.05, 0.1) is 0 Å². The maximum absolute atomic E-state index is 12.5. The highest BCUT2D eigenvalue weighted by Crippen LogP contribution is 2.24. The van der Waals surface area contributed by atoms with Crippen LogP contribution >= 0.6 is 15.9 Å². The summed E-state index contributed by atoms with van der Waals surface area (Å²) in [6.45, 7) is 3.97. The van der Waals surface area contributed by atoms with E-state index in [-0.39, 0.29) is 16.9 Å². The Kier molecular flexibility index (Phi) is 5.13. The van der Waals surface area contributed by atoms with Gasteiger partial charge in [0.15, 0.2) is 0 Å². The fourth-order valence-corrected chi connectivity index (χ4v) is 3.90. The first-order valence-corrected chi connectivity index (χ1v) is 8.85. The molecule has 0 spiro atoms. The summed E-state index contributed by atoms with van der Waals surface area (Å²) in [6.07, 6.45) is 2.89. The van der Waals surface area contributed by atoms with Crippen molar-refractivity contribution < 1.29 is 8.42 Å². The van der Waals surface area contributed by atoms with Crippen molar-refractivity contribution in [1.29, 1.82) is 0 Å². The number of sulfonamides is 1. The minimum absolute atomic E-state index is 0.127. The molecule has 2 rings (SSSR count). The molecule has 0 radical (unpaired) electrons. The zero-order chi connectivity index (χ0) is 15.5. The minimum atomic E-state index is -3.62. The standard InChI is InChI=1S/C15H17BrN2O2S/c1-11(2)15(12-6-4-3-5-7-12)18-21(19,20)14-8-13(16)9-17-10-14/h3-11,15,18H,1-2H3. The Morgan fingerprint density at radius 3 is 2.38 bits per heavy atom. The first-order chi connectivity index (χ1) is 9.90. The molecule has 1 atom stereocenters. The van der Waals surface area contributed by atoms with Gasteiger partial charge in [-0.15, -0.1) is 0 Å². The van der Waals surface area contributed by atoms with E-state index in [4.69, 9.17) is 0 Å². The number of nitrogens with one attached hydrogen (secondary N) is 1. The second kappa shape index (κ2) is 6.68. The lowest BCUT2D eigenvalue weighted by atomic mass is 9.97. The first-order valence-electron chi connectivity index (χ1n) is 6.58. The van der Waals surface area contributed by atoms with Crippen LogP contribution in [0.15, 0.2) is 58.2 Å². The quantitative estimate of drug-likeness (QED) is 0.877. The summed E-state index contributed by atoms with van der Waals surface area (Å²) in [6, 6.07) is 10.8. The van der Waals surface area contributed by atoms with E-state index < -0.39 is 10.0 Å². The normalized spacial score (nSPS) is 13.3. The molecule has 0 saturated carbocycles. The van der Waals surface area contributed by atoms with Crippen LogP contribution in [0.2, 0.25) is 0 Å². The van der Waals surface area contributed by atoms with Crippen LogP contribution in [0.4, 0.5) is 0 Å². The minimum Gasteiger partial charge on any atom is -0.262 e. The Morgan fingerprint density at radius 2 is 1.81 bits per heavy atom. The molecule has 1 aromatic heterocycles. The second-order valence-corrected chi connectivity index (χ2v) is 7.72. The van der Waals surface area contributed by atoms with E-state index in [1.165, 1.54) is 12.3 Å². The van der Waals surface area contributed by atoms with E-state index in [0.717, 1.165) is 5.56 Å². The molecule has 0 saturated heterocycles. The SMILES string of the molecule is CC(C)C(NS(=O)(=O)c1cncc(Br)c1)c1ccccc1. The molecule has 2 aromatic rings. The van der Waals surface area contributed by atoms with Gasteiger partial charge in [0, 0.05) is 22.9 Å². The van der Waals surface area contributed by atoms with Gasteiger partial charge in [0.25, 0.3) is 0 Å². The Morgan fingerprint density at radius 1 is 1.14 bits per heavy atom.